The summed E-state index contributed by atoms with van der Waals surface area (Å²) in [6, 6.07) is 9.38. The van der Waals surface area contributed by atoms with Crippen LogP contribution >= 0.6 is 0 Å². The van der Waals surface area contributed by atoms with Crippen LogP contribution in [0.4, 0.5) is 0 Å². The van der Waals surface area contributed by atoms with Crippen molar-refractivity contribution >= 4 is 8.32 Å². The van der Waals surface area contributed by atoms with Crippen molar-refractivity contribution < 1.29 is 4.43 Å². The summed E-state index contributed by atoms with van der Waals surface area (Å²) in [6.07, 6.45) is 2.45. The second kappa shape index (κ2) is 7.43. The van der Waals surface area contributed by atoms with Gasteiger partial charge in [-0.3, -0.25) is 4.90 Å². The summed E-state index contributed by atoms with van der Waals surface area (Å²) in [5.41, 5.74) is 1.43. The molecule has 0 radical (unpaired) electrons. The topological polar surface area (TPSA) is 24.5 Å². The van der Waals surface area contributed by atoms with Crippen LogP contribution in [0.5, 0.6) is 5.75 Å². The fourth-order valence-electron chi connectivity index (χ4n) is 2.94. The molecule has 1 fully saturated rings. The molecule has 0 aromatic heterocycles. The van der Waals surface area contributed by atoms with Crippen molar-refractivity contribution in [2.45, 2.75) is 45.4 Å². The van der Waals surface area contributed by atoms with Gasteiger partial charge in [0.05, 0.1) is 0 Å². The maximum absolute atomic E-state index is 6.06. The monoisotopic (exact) mass is 306 g/mol. The molecule has 0 bridgehead atoms. The third-order valence-electron chi connectivity index (χ3n) is 3.84. The molecule has 0 saturated carbocycles. The molecule has 0 spiro atoms. The average molecular weight is 307 g/mol. The van der Waals surface area contributed by atoms with E-state index in [1.807, 2.05) is 0 Å². The summed E-state index contributed by atoms with van der Waals surface area (Å²) >= 11 is 0. The number of nitrogens with zero attached hydrogens (tertiary/aromatic N) is 1. The van der Waals surface area contributed by atoms with E-state index in [4.69, 9.17) is 4.43 Å². The van der Waals surface area contributed by atoms with Crippen molar-refractivity contribution in [2.24, 2.45) is 0 Å². The lowest BCUT2D eigenvalue weighted by molar-refractivity contribution is 0.164. The highest BCUT2D eigenvalue weighted by Crippen LogP contribution is 2.28. The number of piperazine rings is 1. The van der Waals surface area contributed by atoms with Gasteiger partial charge < -0.3 is 9.74 Å². The lowest BCUT2D eigenvalue weighted by Gasteiger charge is -2.35. The molecular weight excluding hydrogens is 276 g/mol. The largest absolute Gasteiger partial charge is 0.544 e. The van der Waals surface area contributed by atoms with Crippen LogP contribution in [0, 0.1) is 0 Å². The van der Waals surface area contributed by atoms with Gasteiger partial charge in [-0.2, -0.15) is 0 Å². The van der Waals surface area contributed by atoms with Crippen LogP contribution in [0.2, 0.25) is 19.6 Å². The molecule has 4 heteroatoms. The highest BCUT2D eigenvalue weighted by molar-refractivity contribution is 6.70. The van der Waals surface area contributed by atoms with Gasteiger partial charge in [-0.15, -0.1) is 0 Å². The van der Waals surface area contributed by atoms with Gasteiger partial charge in [0.25, 0.3) is 0 Å². The molecule has 2 rings (SSSR count). The lowest BCUT2D eigenvalue weighted by atomic mass is 10.00. The second-order valence-corrected chi connectivity index (χ2v) is 11.3. The Labute approximate surface area is 130 Å². The van der Waals surface area contributed by atoms with Crippen LogP contribution in [-0.2, 0) is 0 Å². The molecule has 3 nitrogen and oxygen atoms in total. The second-order valence-electron chi connectivity index (χ2n) is 6.87. The first-order valence-electron chi connectivity index (χ1n) is 8.23. The molecule has 1 aromatic rings. The summed E-state index contributed by atoms with van der Waals surface area (Å²) in [7, 11) is -1.51. The molecule has 1 saturated heterocycles. The zero-order valence-electron chi connectivity index (χ0n) is 14.0. The molecule has 21 heavy (non-hydrogen) atoms. The quantitative estimate of drug-likeness (QED) is 0.812. The third-order valence-corrected chi connectivity index (χ3v) is 4.69. The molecule has 1 heterocycles. The van der Waals surface area contributed by atoms with E-state index < -0.39 is 8.32 Å². The van der Waals surface area contributed by atoms with E-state index in [1.54, 1.807) is 0 Å². The molecule has 1 aliphatic heterocycles. The van der Waals surface area contributed by atoms with Gasteiger partial charge in [0, 0.05) is 32.2 Å². The van der Waals surface area contributed by atoms with Crippen molar-refractivity contribution in [3.8, 4) is 5.75 Å². The summed E-state index contributed by atoms with van der Waals surface area (Å²) in [5, 5.41) is 3.44. The van der Waals surface area contributed by atoms with E-state index in [-0.39, 0.29) is 0 Å². The van der Waals surface area contributed by atoms with Crippen LogP contribution in [0.1, 0.15) is 31.4 Å². The molecule has 1 aromatic carbocycles. The normalized spacial score (nSPS) is 18.5. The summed E-state index contributed by atoms with van der Waals surface area (Å²) in [4.78, 5) is 2.62. The summed E-state index contributed by atoms with van der Waals surface area (Å²) in [6.45, 7) is 13.5. The van der Waals surface area contributed by atoms with Crippen LogP contribution in [0.3, 0.4) is 0 Å². The first kappa shape index (κ1) is 16.5. The van der Waals surface area contributed by atoms with Crippen molar-refractivity contribution in [3.05, 3.63) is 29.8 Å². The van der Waals surface area contributed by atoms with Crippen molar-refractivity contribution in [1.29, 1.82) is 0 Å². The van der Waals surface area contributed by atoms with Crippen LogP contribution in [0.15, 0.2) is 24.3 Å². The number of nitrogens with one attached hydrogen (secondary N) is 1. The Hall–Kier alpha value is -0.843. The van der Waals surface area contributed by atoms with Crippen molar-refractivity contribution in [3.63, 3.8) is 0 Å². The Bertz CT molecular complexity index is 421. The van der Waals surface area contributed by atoms with Crippen LogP contribution < -0.4 is 9.74 Å². The van der Waals surface area contributed by atoms with Crippen LogP contribution in [0.25, 0.3) is 0 Å². The standard InChI is InChI=1S/C17H30N2OSi/c1-5-6-17(19-13-11-18-12-14-19)15-7-9-16(10-8-15)20-21(2,3)4/h7-10,17-18H,5-6,11-14H2,1-4H3/t17-/m1/s1. The van der Waals surface area contributed by atoms with Crippen molar-refractivity contribution in [1.82, 2.24) is 10.2 Å². The Kier molecular flexibility index (Phi) is 5.85. The molecule has 0 unspecified atom stereocenters. The number of rotatable bonds is 6. The van der Waals surface area contributed by atoms with E-state index in [1.165, 1.54) is 18.4 Å². The Balaban J connectivity index is 2.09. The average Bonchev–Trinajstić information content (AvgIpc) is 2.45. The van der Waals surface area contributed by atoms with E-state index in [0.29, 0.717) is 6.04 Å². The van der Waals surface area contributed by atoms with Gasteiger partial charge in [-0.05, 0) is 43.8 Å². The molecule has 1 N–H and O–H groups in total. The predicted molar refractivity (Wildman–Crippen MR) is 92.5 cm³/mol. The molecular formula is C17H30N2OSi. The fraction of sp³-hybridized carbons (Fsp3) is 0.647. The zero-order valence-corrected chi connectivity index (χ0v) is 15.0. The Morgan fingerprint density at radius 2 is 1.76 bits per heavy atom. The summed E-state index contributed by atoms with van der Waals surface area (Å²) in [5.74, 6) is 1.02. The Morgan fingerprint density at radius 3 is 2.29 bits per heavy atom. The van der Waals surface area contributed by atoms with Gasteiger partial charge in [-0.1, -0.05) is 25.5 Å². The van der Waals surface area contributed by atoms with E-state index in [2.05, 4.69) is 61.0 Å². The third kappa shape index (κ3) is 5.13. The first-order chi connectivity index (χ1) is 9.99. The van der Waals surface area contributed by atoms with Gasteiger partial charge in [0.2, 0.25) is 8.32 Å². The first-order valence-corrected chi connectivity index (χ1v) is 11.6. The van der Waals surface area contributed by atoms with Gasteiger partial charge >= 0.3 is 0 Å². The van der Waals surface area contributed by atoms with Gasteiger partial charge in [0.1, 0.15) is 5.75 Å². The van der Waals surface area contributed by atoms with E-state index in [0.717, 1.165) is 31.9 Å². The van der Waals surface area contributed by atoms with Crippen LogP contribution in [-0.4, -0.2) is 39.4 Å². The maximum atomic E-state index is 6.06. The zero-order chi connectivity index (χ0) is 15.3. The minimum Gasteiger partial charge on any atom is -0.544 e. The van der Waals surface area contributed by atoms with E-state index >= 15 is 0 Å². The van der Waals surface area contributed by atoms with Crippen molar-refractivity contribution in [2.75, 3.05) is 26.2 Å². The van der Waals surface area contributed by atoms with Gasteiger partial charge in [0.15, 0.2) is 0 Å². The van der Waals surface area contributed by atoms with E-state index in [9.17, 15) is 0 Å². The minimum atomic E-state index is -1.51. The number of benzene rings is 1. The minimum absolute atomic E-state index is 0.554. The summed E-state index contributed by atoms with van der Waals surface area (Å²) < 4.78 is 6.06. The highest BCUT2D eigenvalue weighted by atomic mass is 28.4. The number of hydrogen-bond acceptors (Lipinski definition) is 3. The molecule has 1 atom stereocenters. The highest BCUT2D eigenvalue weighted by Gasteiger charge is 2.22. The molecule has 118 valence electrons. The van der Waals surface area contributed by atoms with Gasteiger partial charge in [-0.25, -0.2) is 0 Å². The molecule has 1 aliphatic rings. The smallest absolute Gasteiger partial charge is 0.242 e. The molecule has 0 aliphatic carbocycles. The SMILES string of the molecule is CCC[C@H](c1ccc(O[Si](C)(C)C)cc1)N1CCNCC1. The molecule has 0 amide bonds. The maximum Gasteiger partial charge on any atom is 0.242 e. The predicted octanol–water partition coefficient (Wildman–Crippen LogP) is 3.65. The lowest BCUT2D eigenvalue weighted by Crippen LogP contribution is -2.45. The fourth-order valence-corrected chi connectivity index (χ4v) is 3.78. The Morgan fingerprint density at radius 1 is 1.14 bits per heavy atom. The number of hydrogen-bond donors (Lipinski definition) is 1.